The van der Waals surface area contributed by atoms with Crippen molar-refractivity contribution in [3.8, 4) is 5.75 Å². The van der Waals surface area contributed by atoms with Crippen molar-refractivity contribution in [1.29, 1.82) is 0 Å². The Labute approximate surface area is 117 Å². The zero-order valence-electron chi connectivity index (χ0n) is 13.1. The van der Waals surface area contributed by atoms with Crippen LogP contribution in [0.1, 0.15) is 37.6 Å². The molecule has 0 aliphatic rings. The average molecular weight is 274 g/mol. The van der Waals surface area contributed by atoms with Gasteiger partial charge in [-0.3, -0.25) is 0 Å². The first-order valence-electron chi connectivity index (χ1n) is 6.82. The Morgan fingerprint density at radius 1 is 1.11 bits per heavy atom. The van der Waals surface area contributed by atoms with Gasteiger partial charge in [0.2, 0.25) is 0 Å². The zero-order valence-corrected chi connectivity index (χ0v) is 14.1. The Bertz CT molecular complexity index is 605. The molecule has 0 bridgehead atoms. The smallest absolute Gasteiger partial charge is 0.274 e. The Morgan fingerprint density at radius 3 is 2.26 bits per heavy atom. The third kappa shape index (κ3) is 2.57. The van der Waals surface area contributed by atoms with Crippen molar-refractivity contribution >= 4 is 19.9 Å². The van der Waals surface area contributed by atoms with Crippen LogP contribution in [0.2, 0.25) is 13.1 Å². The second-order valence-electron chi connectivity index (χ2n) is 6.50. The maximum atomic E-state index is 6.26. The van der Waals surface area contributed by atoms with E-state index in [1.165, 1.54) is 27.7 Å². The Hall–Kier alpha value is -1.22. The van der Waals surface area contributed by atoms with Gasteiger partial charge in [0, 0.05) is 16.6 Å². The topological polar surface area (TPSA) is 25.0 Å². The maximum Gasteiger partial charge on any atom is 0.274 e. The van der Waals surface area contributed by atoms with Crippen LogP contribution < -0.4 is 4.43 Å². The third-order valence-corrected chi connectivity index (χ3v) is 4.14. The van der Waals surface area contributed by atoms with Crippen LogP contribution >= 0.6 is 0 Å². The molecule has 2 nitrogen and oxygen atoms in total. The minimum atomic E-state index is -0.780. The van der Waals surface area contributed by atoms with E-state index in [9.17, 15) is 0 Å². The first kappa shape index (κ1) is 14.2. The molecular formula is C16H24NOSi. The standard InChI is InChI=1S/C16H24NOSi/c1-10-11(2)17-13-9-8-12(16(3,4)5)15(14(10)13)18-19(6)7/h8-9,17H,1-7H3. The largest absolute Gasteiger partial charge is 0.542 e. The second kappa shape index (κ2) is 4.71. The van der Waals surface area contributed by atoms with Crippen molar-refractivity contribution < 1.29 is 4.43 Å². The van der Waals surface area contributed by atoms with Gasteiger partial charge in [0.25, 0.3) is 9.04 Å². The molecule has 1 aromatic carbocycles. The Kier molecular flexibility index (Phi) is 3.52. The molecule has 0 aliphatic carbocycles. The fraction of sp³-hybridized carbons (Fsp3) is 0.500. The predicted molar refractivity (Wildman–Crippen MR) is 84.6 cm³/mol. The molecule has 1 radical (unpaired) electrons. The molecule has 2 aromatic rings. The molecule has 2 rings (SSSR count). The van der Waals surface area contributed by atoms with Crippen LogP contribution in [0.4, 0.5) is 0 Å². The zero-order chi connectivity index (χ0) is 14.4. The SMILES string of the molecule is Cc1[nH]c2ccc(C(C)(C)C)c(O[Si](C)C)c2c1C. The molecule has 0 saturated carbocycles. The lowest BCUT2D eigenvalue weighted by Crippen LogP contribution is -2.18. The van der Waals surface area contributed by atoms with Crippen LogP contribution in [0.15, 0.2) is 12.1 Å². The Morgan fingerprint density at radius 2 is 1.74 bits per heavy atom. The van der Waals surface area contributed by atoms with Gasteiger partial charge >= 0.3 is 0 Å². The molecule has 0 atom stereocenters. The van der Waals surface area contributed by atoms with E-state index < -0.39 is 9.04 Å². The normalized spacial score (nSPS) is 12.4. The number of aromatic nitrogens is 1. The highest BCUT2D eigenvalue weighted by Crippen LogP contribution is 2.39. The molecule has 0 unspecified atom stereocenters. The summed E-state index contributed by atoms with van der Waals surface area (Å²) in [4.78, 5) is 3.45. The molecule has 0 spiro atoms. The van der Waals surface area contributed by atoms with E-state index in [1.807, 2.05) is 0 Å². The average Bonchev–Trinajstić information content (AvgIpc) is 2.53. The quantitative estimate of drug-likeness (QED) is 0.788. The number of nitrogens with one attached hydrogen (secondary N) is 1. The molecule has 1 aromatic heterocycles. The van der Waals surface area contributed by atoms with E-state index in [4.69, 9.17) is 4.43 Å². The number of hydrogen-bond acceptors (Lipinski definition) is 1. The minimum absolute atomic E-state index is 0.0957. The summed E-state index contributed by atoms with van der Waals surface area (Å²) in [5, 5.41) is 1.26. The fourth-order valence-electron chi connectivity index (χ4n) is 2.44. The predicted octanol–water partition coefficient (Wildman–Crippen LogP) is 4.71. The molecule has 0 aliphatic heterocycles. The number of aryl methyl sites for hydroxylation is 2. The van der Waals surface area contributed by atoms with E-state index in [0.717, 1.165) is 5.75 Å². The van der Waals surface area contributed by atoms with Crippen LogP contribution in [0.25, 0.3) is 10.9 Å². The van der Waals surface area contributed by atoms with Crippen molar-refractivity contribution in [2.45, 2.75) is 53.1 Å². The summed E-state index contributed by atoms with van der Waals surface area (Å²) in [6, 6.07) is 4.39. The monoisotopic (exact) mass is 274 g/mol. The van der Waals surface area contributed by atoms with Gasteiger partial charge in [-0.05, 0) is 49.5 Å². The number of hydrogen-bond donors (Lipinski definition) is 1. The summed E-state index contributed by atoms with van der Waals surface area (Å²) in [5.41, 5.74) is 5.11. The molecular weight excluding hydrogens is 250 g/mol. The number of aromatic amines is 1. The van der Waals surface area contributed by atoms with E-state index in [2.05, 4.69) is 64.8 Å². The molecule has 1 heterocycles. The summed E-state index contributed by atoms with van der Waals surface area (Å²) in [7, 11) is -0.780. The summed E-state index contributed by atoms with van der Waals surface area (Å²) >= 11 is 0. The molecule has 0 amide bonds. The first-order valence-corrected chi connectivity index (χ1v) is 9.23. The number of benzene rings is 1. The highest BCUT2D eigenvalue weighted by molar-refractivity contribution is 6.49. The van der Waals surface area contributed by atoms with Crippen molar-refractivity contribution in [2.24, 2.45) is 0 Å². The van der Waals surface area contributed by atoms with Crippen molar-refractivity contribution in [3.05, 3.63) is 29.0 Å². The highest BCUT2D eigenvalue weighted by Gasteiger charge is 2.23. The lowest BCUT2D eigenvalue weighted by molar-refractivity contribution is 0.525. The number of H-pyrrole nitrogens is 1. The van der Waals surface area contributed by atoms with Gasteiger partial charge in [-0.2, -0.15) is 0 Å². The van der Waals surface area contributed by atoms with Crippen molar-refractivity contribution in [3.63, 3.8) is 0 Å². The summed E-state index contributed by atoms with van der Waals surface area (Å²) in [6.07, 6.45) is 0. The summed E-state index contributed by atoms with van der Waals surface area (Å²) < 4.78 is 6.26. The molecule has 0 saturated heterocycles. The molecule has 19 heavy (non-hydrogen) atoms. The maximum absolute atomic E-state index is 6.26. The van der Waals surface area contributed by atoms with E-state index in [-0.39, 0.29) is 5.41 Å². The first-order chi connectivity index (χ1) is 8.71. The van der Waals surface area contributed by atoms with Crippen LogP contribution in [0, 0.1) is 13.8 Å². The lowest BCUT2D eigenvalue weighted by Gasteiger charge is -2.25. The summed E-state index contributed by atoms with van der Waals surface area (Å²) in [6.45, 7) is 15.4. The van der Waals surface area contributed by atoms with Crippen molar-refractivity contribution in [1.82, 2.24) is 4.98 Å². The fourth-order valence-corrected chi connectivity index (χ4v) is 3.06. The molecule has 1 N–H and O–H groups in total. The second-order valence-corrected chi connectivity index (χ2v) is 8.52. The molecule has 0 fully saturated rings. The number of fused-ring (bicyclic) bond motifs is 1. The molecule has 3 heteroatoms. The summed E-state index contributed by atoms with van der Waals surface area (Å²) in [5.74, 6) is 1.09. The van der Waals surface area contributed by atoms with Gasteiger partial charge in [-0.25, -0.2) is 0 Å². The van der Waals surface area contributed by atoms with E-state index >= 15 is 0 Å². The third-order valence-electron chi connectivity index (χ3n) is 3.53. The van der Waals surface area contributed by atoms with E-state index in [1.54, 1.807) is 0 Å². The van der Waals surface area contributed by atoms with Gasteiger partial charge in [0.1, 0.15) is 5.75 Å². The molecule has 103 valence electrons. The Balaban J connectivity index is 2.80. The van der Waals surface area contributed by atoms with Crippen LogP contribution in [-0.4, -0.2) is 14.0 Å². The van der Waals surface area contributed by atoms with Crippen molar-refractivity contribution in [2.75, 3.05) is 0 Å². The van der Waals surface area contributed by atoms with Gasteiger partial charge in [0.05, 0.1) is 0 Å². The van der Waals surface area contributed by atoms with Gasteiger partial charge in [-0.1, -0.05) is 26.8 Å². The minimum Gasteiger partial charge on any atom is -0.542 e. The van der Waals surface area contributed by atoms with E-state index in [0.29, 0.717) is 0 Å². The van der Waals surface area contributed by atoms with Gasteiger partial charge in [-0.15, -0.1) is 0 Å². The van der Waals surface area contributed by atoms with Crippen LogP contribution in [0.5, 0.6) is 5.75 Å². The lowest BCUT2D eigenvalue weighted by atomic mass is 9.85. The van der Waals surface area contributed by atoms with Crippen LogP contribution in [0.3, 0.4) is 0 Å². The van der Waals surface area contributed by atoms with Gasteiger partial charge < -0.3 is 9.41 Å². The highest BCUT2D eigenvalue weighted by atomic mass is 28.3. The van der Waals surface area contributed by atoms with Crippen LogP contribution in [-0.2, 0) is 5.41 Å². The van der Waals surface area contributed by atoms with Gasteiger partial charge in [0.15, 0.2) is 0 Å². The number of rotatable bonds is 2.